The van der Waals surface area contributed by atoms with Gasteiger partial charge >= 0.3 is 0 Å². The zero-order valence-corrected chi connectivity index (χ0v) is 20.7. The monoisotopic (exact) mass is 449 g/mol. The van der Waals surface area contributed by atoms with E-state index in [4.69, 9.17) is 0 Å². The molecule has 1 aliphatic rings. The van der Waals surface area contributed by atoms with Crippen molar-refractivity contribution in [3.05, 3.63) is 47.5 Å². The molecule has 0 atom stereocenters. The minimum atomic E-state index is -0.123. The van der Waals surface area contributed by atoms with E-state index in [0.29, 0.717) is 17.7 Å². The standard InChI is InChI=1S/C30H43NO2/c1-2-3-4-5-6-7-8-9-10-11-12-13-14-15-16-19-22-31-29(32)27-23-25-20-17-18-21-26(25)24-28(27)30(31)33/h17-18,20-21,23-24H,2-16,19,22H2,1H3. The Bertz CT molecular complexity index is 833. The van der Waals surface area contributed by atoms with Crippen LogP contribution in [0.3, 0.4) is 0 Å². The minimum absolute atomic E-state index is 0.123. The van der Waals surface area contributed by atoms with E-state index in [1.807, 2.05) is 36.4 Å². The van der Waals surface area contributed by atoms with Gasteiger partial charge in [0.05, 0.1) is 11.1 Å². The van der Waals surface area contributed by atoms with Crippen molar-refractivity contribution in [3.63, 3.8) is 0 Å². The van der Waals surface area contributed by atoms with Crippen LogP contribution >= 0.6 is 0 Å². The van der Waals surface area contributed by atoms with Crippen molar-refractivity contribution < 1.29 is 9.59 Å². The molecule has 0 N–H and O–H groups in total. The van der Waals surface area contributed by atoms with Crippen LogP contribution in [0.25, 0.3) is 10.8 Å². The summed E-state index contributed by atoms with van der Waals surface area (Å²) in [7, 11) is 0. The highest BCUT2D eigenvalue weighted by Gasteiger charge is 2.35. The van der Waals surface area contributed by atoms with Crippen LogP contribution in [0.15, 0.2) is 36.4 Å². The van der Waals surface area contributed by atoms with Crippen molar-refractivity contribution in [2.75, 3.05) is 6.54 Å². The van der Waals surface area contributed by atoms with Gasteiger partial charge in [0, 0.05) is 6.54 Å². The van der Waals surface area contributed by atoms with Crippen molar-refractivity contribution >= 4 is 22.6 Å². The van der Waals surface area contributed by atoms with E-state index in [1.54, 1.807) is 0 Å². The van der Waals surface area contributed by atoms with Crippen LogP contribution in [0, 0.1) is 0 Å². The normalized spacial score (nSPS) is 13.3. The maximum atomic E-state index is 12.7. The minimum Gasteiger partial charge on any atom is -0.274 e. The molecular weight excluding hydrogens is 406 g/mol. The Morgan fingerprint density at radius 2 is 0.909 bits per heavy atom. The molecule has 0 unspecified atom stereocenters. The van der Waals surface area contributed by atoms with Crippen molar-refractivity contribution in [2.45, 2.75) is 110 Å². The summed E-state index contributed by atoms with van der Waals surface area (Å²) in [4.78, 5) is 26.9. The average Bonchev–Trinajstić information content (AvgIpc) is 3.06. The molecule has 0 aliphatic carbocycles. The Balaban J connectivity index is 1.20. The van der Waals surface area contributed by atoms with Crippen molar-refractivity contribution in [1.82, 2.24) is 4.90 Å². The summed E-state index contributed by atoms with van der Waals surface area (Å²) < 4.78 is 0. The fourth-order valence-corrected chi connectivity index (χ4v) is 5.00. The first-order valence-electron chi connectivity index (χ1n) is 13.6. The Labute approximate surface area is 200 Å². The number of hydrogen-bond donors (Lipinski definition) is 0. The SMILES string of the molecule is CCCCCCCCCCCCCCCCCCN1C(=O)c2cc3ccccc3cc2C1=O. The summed E-state index contributed by atoms with van der Waals surface area (Å²) in [5.41, 5.74) is 1.13. The number of rotatable bonds is 17. The van der Waals surface area contributed by atoms with Crippen LogP contribution in [-0.2, 0) is 0 Å². The van der Waals surface area contributed by atoms with Gasteiger partial charge in [-0.1, -0.05) is 128 Å². The lowest BCUT2D eigenvalue weighted by Crippen LogP contribution is -2.30. The molecule has 1 heterocycles. The van der Waals surface area contributed by atoms with E-state index >= 15 is 0 Å². The molecule has 3 nitrogen and oxygen atoms in total. The Morgan fingerprint density at radius 3 is 1.30 bits per heavy atom. The molecule has 0 bridgehead atoms. The summed E-state index contributed by atoms with van der Waals surface area (Å²) in [5, 5.41) is 2.03. The Morgan fingerprint density at radius 1 is 0.545 bits per heavy atom. The topological polar surface area (TPSA) is 37.4 Å². The second kappa shape index (κ2) is 14.2. The largest absolute Gasteiger partial charge is 0.274 e. The summed E-state index contributed by atoms with van der Waals surface area (Å²) >= 11 is 0. The van der Waals surface area contributed by atoms with Crippen molar-refractivity contribution in [2.24, 2.45) is 0 Å². The molecule has 2 amide bonds. The number of nitrogens with zero attached hydrogens (tertiary/aromatic N) is 1. The lowest BCUT2D eigenvalue weighted by Gasteiger charge is -2.13. The van der Waals surface area contributed by atoms with Gasteiger partial charge < -0.3 is 0 Å². The maximum Gasteiger partial charge on any atom is 0.261 e. The van der Waals surface area contributed by atoms with E-state index in [9.17, 15) is 9.59 Å². The molecule has 33 heavy (non-hydrogen) atoms. The third-order valence-corrected chi connectivity index (χ3v) is 7.07. The van der Waals surface area contributed by atoms with E-state index < -0.39 is 0 Å². The zero-order chi connectivity index (χ0) is 23.3. The molecule has 3 heteroatoms. The fourth-order valence-electron chi connectivity index (χ4n) is 5.00. The van der Waals surface area contributed by atoms with Gasteiger partial charge in [-0.25, -0.2) is 0 Å². The number of hydrogen-bond acceptors (Lipinski definition) is 2. The van der Waals surface area contributed by atoms with Crippen LogP contribution in [0.4, 0.5) is 0 Å². The molecule has 0 radical (unpaired) electrons. The second-order valence-corrected chi connectivity index (χ2v) is 9.81. The molecular formula is C30H43NO2. The molecule has 180 valence electrons. The third-order valence-electron chi connectivity index (χ3n) is 7.07. The third kappa shape index (κ3) is 7.69. The summed E-state index contributed by atoms with van der Waals surface area (Å²) in [6.45, 7) is 2.82. The Kier molecular flexibility index (Phi) is 10.9. The van der Waals surface area contributed by atoms with Crippen LogP contribution in [0.1, 0.15) is 130 Å². The first-order chi connectivity index (χ1) is 16.2. The van der Waals surface area contributed by atoms with E-state index in [-0.39, 0.29) is 11.8 Å². The van der Waals surface area contributed by atoms with E-state index in [2.05, 4.69) is 6.92 Å². The zero-order valence-electron chi connectivity index (χ0n) is 20.7. The summed E-state index contributed by atoms with van der Waals surface area (Å²) in [6, 6.07) is 11.7. The van der Waals surface area contributed by atoms with Crippen LogP contribution in [-0.4, -0.2) is 23.3 Å². The summed E-state index contributed by atoms with van der Waals surface area (Å²) in [5.74, 6) is -0.247. The van der Waals surface area contributed by atoms with Gasteiger partial charge in [0.1, 0.15) is 0 Å². The number of benzene rings is 2. The Hall–Kier alpha value is -2.16. The van der Waals surface area contributed by atoms with Crippen molar-refractivity contribution in [1.29, 1.82) is 0 Å². The number of carbonyl (C=O) groups excluding carboxylic acids is 2. The van der Waals surface area contributed by atoms with Gasteiger partial charge in [-0.05, 0) is 29.3 Å². The number of imide groups is 1. The lowest BCUT2D eigenvalue weighted by molar-refractivity contribution is 0.0651. The van der Waals surface area contributed by atoms with E-state index in [0.717, 1.165) is 23.6 Å². The van der Waals surface area contributed by atoms with Crippen molar-refractivity contribution in [3.8, 4) is 0 Å². The van der Waals surface area contributed by atoms with E-state index in [1.165, 1.54) is 94.8 Å². The molecule has 3 rings (SSSR count). The molecule has 0 spiro atoms. The predicted octanol–water partition coefficient (Wildman–Crippen LogP) is 8.70. The van der Waals surface area contributed by atoms with Crippen LogP contribution in [0.2, 0.25) is 0 Å². The predicted molar refractivity (Wildman–Crippen MR) is 139 cm³/mol. The molecule has 0 aromatic heterocycles. The van der Waals surface area contributed by atoms with Gasteiger partial charge in [0.25, 0.3) is 11.8 Å². The smallest absolute Gasteiger partial charge is 0.261 e. The summed E-state index contributed by atoms with van der Waals surface area (Å²) in [6.07, 6.45) is 21.2. The second-order valence-electron chi connectivity index (χ2n) is 9.81. The van der Waals surface area contributed by atoms with Gasteiger partial charge in [-0.2, -0.15) is 0 Å². The number of unbranched alkanes of at least 4 members (excludes halogenated alkanes) is 15. The first kappa shape index (κ1) is 25.5. The molecule has 0 fully saturated rings. The highest BCUT2D eigenvalue weighted by atomic mass is 16.2. The van der Waals surface area contributed by atoms with Crippen LogP contribution in [0.5, 0.6) is 0 Å². The lowest BCUT2D eigenvalue weighted by atomic mass is 10.0. The fraction of sp³-hybridized carbons (Fsp3) is 0.600. The average molecular weight is 450 g/mol. The highest BCUT2D eigenvalue weighted by Crippen LogP contribution is 2.28. The number of amides is 2. The van der Waals surface area contributed by atoms with Gasteiger partial charge in [0.2, 0.25) is 0 Å². The molecule has 2 aromatic rings. The highest BCUT2D eigenvalue weighted by molar-refractivity contribution is 6.23. The van der Waals surface area contributed by atoms with Crippen LogP contribution < -0.4 is 0 Å². The van der Waals surface area contributed by atoms with Gasteiger partial charge in [-0.15, -0.1) is 0 Å². The molecule has 2 aromatic carbocycles. The molecule has 0 saturated carbocycles. The number of fused-ring (bicyclic) bond motifs is 2. The molecule has 0 saturated heterocycles. The first-order valence-corrected chi connectivity index (χ1v) is 13.6. The molecule has 1 aliphatic heterocycles. The van der Waals surface area contributed by atoms with Gasteiger partial charge in [-0.3, -0.25) is 14.5 Å². The maximum absolute atomic E-state index is 12.7. The van der Waals surface area contributed by atoms with Gasteiger partial charge in [0.15, 0.2) is 0 Å². The number of carbonyl (C=O) groups is 2. The quantitative estimate of drug-likeness (QED) is 0.179.